The smallest absolute Gasteiger partial charge is 0.230 e. The van der Waals surface area contributed by atoms with Crippen LogP contribution in [0.1, 0.15) is 48.8 Å². The number of hydrogen-bond acceptors (Lipinski definition) is 6. The number of ether oxygens (including phenoxy) is 1. The summed E-state index contributed by atoms with van der Waals surface area (Å²) in [6.45, 7) is 0.487. The minimum Gasteiger partial charge on any atom is -0.497 e. The summed E-state index contributed by atoms with van der Waals surface area (Å²) >= 11 is 1.39. The summed E-state index contributed by atoms with van der Waals surface area (Å²) in [6, 6.07) is 16.6. The number of aromatic nitrogens is 5. The highest BCUT2D eigenvalue weighted by Crippen LogP contribution is 2.32. The van der Waals surface area contributed by atoms with Crippen LogP contribution < -0.4 is 10.1 Å². The Hall–Kier alpha value is -3.33. The molecule has 1 atom stereocenters. The quantitative estimate of drug-likeness (QED) is 0.349. The number of rotatable bonds is 9. The van der Waals surface area contributed by atoms with Crippen molar-refractivity contribution in [2.45, 2.75) is 42.8 Å². The van der Waals surface area contributed by atoms with Gasteiger partial charge in [-0.25, -0.2) is 4.68 Å². The molecule has 0 bridgehead atoms. The second kappa shape index (κ2) is 10.3. The largest absolute Gasteiger partial charge is 0.497 e. The van der Waals surface area contributed by atoms with Crippen molar-refractivity contribution >= 4 is 28.6 Å². The van der Waals surface area contributed by atoms with Gasteiger partial charge in [-0.15, -0.1) is 5.10 Å². The number of hydrogen-bond donors (Lipinski definition) is 2. The number of para-hydroxylation sites is 1. The molecule has 1 saturated carbocycles. The van der Waals surface area contributed by atoms with Crippen LogP contribution in [0, 0.1) is 0 Å². The molecule has 1 aliphatic carbocycles. The predicted molar refractivity (Wildman–Crippen MR) is 132 cm³/mol. The van der Waals surface area contributed by atoms with Gasteiger partial charge in [0.05, 0.1) is 18.9 Å². The molecule has 1 aliphatic rings. The van der Waals surface area contributed by atoms with E-state index in [0.29, 0.717) is 17.7 Å². The average Bonchev–Trinajstić information content (AvgIpc) is 3.64. The molecule has 0 saturated heterocycles. The SMILES string of the molecule is COc1ccc(C(CNC(=O)CSc2nnnn2C2CCCC2)c2c[nH]c3ccccc23)cc1. The summed E-state index contributed by atoms with van der Waals surface area (Å²) in [5.41, 5.74) is 3.35. The molecule has 5 rings (SSSR count). The highest BCUT2D eigenvalue weighted by atomic mass is 32.2. The van der Waals surface area contributed by atoms with Crippen LogP contribution in [0.25, 0.3) is 10.9 Å². The number of aromatic amines is 1. The van der Waals surface area contributed by atoms with Crippen LogP contribution in [0.4, 0.5) is 0 Å². The molecule has 2 heterocycles. The number of carbonyl (C=O) groups is 1. The zero-order valence-corrected chi connectivity index (χ0v) is 19.9. The van der Waals surface area contributed by atoms with E-state index in [0.717, 1.165) is 40.6 Å². The topological polar surface area (TPSA) is 97.7 Å². The molecule has 1 amide bonds. The van der Waals surface area contributed by atoms with Crippen LogP contribution in [-0.4, -0.2) is 50.5 Å². The van der Waals surface area contributed by atoms with Crippen LogP contribution in [0.2, 0.25) is 0 Å². The highest BCUT2D eigenvalue weighted by molar-refractivity contribution is 7.99. The number of amides is 1. The van der Waals surface area contributed by atoms with E-state index in [4.69, 9.17) is 4.74 Å². The number of thioether (sulfide) groups is 1. The fourth-order valence-corrected chi connectivity index (χ4v) is 5.46. The molecule has 4 aromatic rings. The first-order valence-electron chi connectivity index (χ1n) is 11.6. The first-order valence-corrected chi connectivity index (χ1v) is 12.6. The van der Waals surface area contributed by atoms with Crippen molar-refractivity contribution < 1.29 is 9.53 Å². The van der Waals surface area contributed by atoms with Gasteiger partial charge in [0.2, 0.25) is 11.1 Å². The molecule has 8 nitrogen and oxygen atoms in total. The van der Waals surface area contributed by atoms with Gasteiger partial charge >= 0.3 is 0 Å². The Morgan fingerprint density at radius 3 is 2.79 bits per heavy atom. The van der Waals surface area contributed by atoms with Gasteiger partial charge in [-0.3, -0.25) is 4.79 Å². The first kappa shape index (κ1) is 22.5. The monoisotopic (exact) mass is 476 g/mol. The molecule has 0 radical (unpaired) electrons. The van der Waals surface area contributed by atoms with Crippen LogP contribution >= 0.6 is 11.8 Å². The van der Waals surface area contributed by atoms with Crippen molar-refractivity contribution in [3.63, 3.8) is 0 Å². The van der Waals surface area contributed by atoms with Gasteiger partial charge in [0.25, 0.3) is 0 Å². The Balaban J connectivity index is 1.29. The molecule has 176 valence electrons. The molecule has 0 spiro atoms. The van der Waals surface area contributed by atoms with Crippen LogP contribution in [0.3, 0.4) is 0 Å². The van der Waals surface area contributed by atoms with Crippen LogP contribution in [0.5, 0.6) is 5.75 Å². The molecule has 2 aromatic carbocycles. The van der Waals surface area contributed by atoms with Gasteiger partial charge < -0.3 is 15.0 Å². The molecule has 2 aromatic heterocycles. The third kappa shape index (κ3) is 4.79. The maximum absolute atomic E-state index is 12.8. The third-order valence-electron chi connectivity index (χ3n) is 6.48. The number of tetrazole rings is 1. The summed E-state index contributed by atoms with van der Waals surface area (Å²) in [5.74, 6) is 1.04. The number of H-pyrrole nitrogens is 1. The maximum atomic E-state index is 12.8. The number of methoxy groups -OCH3 is 1. The van der Waals surface area contributed by atoms with E-state index < -0.39 is 0 Å². The Kier molecular flexibility index (Phi) is 6.80. The summed E-state index contributed by atoms with van der Waals surface area (Å²) in [7, 11) is 1.66. The van der Waals surface area contributed by atoms with Crippen molar-refractivity contribution in [3.05, 3.63) is 65.9 Å². The van der Waals surface area contributed by atoms with Gasteiger partial charge in [-0.2, -0.15) is 0 Å². The van der Waals surface area contributed by atoms with Crippen molar-refractivity contribution in [3.8, 4) is 5.75 Å². The van der Waals surface area contributed by atoms with Crippen molar-refractivity contribution in [1.82, 2.24) is 30.5 Å². The summed E-state index contributed by atoms with van der Waals surface area (Å²) in [6.07, 6.45) is 6.64. The fraction of sp³-hybridized carbons (Fsp3) is 0.360. The van der Waals surface area contributed by atoms with Gasteiger partial charge in [-0.05, 0) is 52.6 Å². The van der Waals surface area contributed by atoms with Gasteiger partial charge in [0.1, 0.15) is 5.75 Å². The minimum absolute atomic E-state index is 0.000172. The maximum Gasteiger partial charge on any atom is 0.230 e. The molecule has 1 fully saturated rings. The minimum atomic E-state index is -0.0377. The van der Waals surface area contributed by atoms with Crippen molar-refractivity contribution in [2.75, 3.05) is 19.4 Å². The van der Waals surface area contributed by atoms with E-state index >= 15 is 0 Å². The first-order chi connectivity index (χ1) is 16.7. The molecular weight excluding hydrogens is 448 g/mol. The highest BCUT2D eigenvalue weighted by Gasteiger charge is 2.23. The van der Waals surface area contributed by atoms with E-state index in [1.165, 1.54) is 24.6 Å². The van der Waals surface area contributed by atoms with Gasteiger partial charge in [0.15, 0.2) is 0 Å². The number of nitrogens with one attached hydrogen (secondary N) is 2. The molecule has 1 unspecified atom stereocenters. The standard InChI is InChI=1S/C25H28N6O2S/c1-33-19-12-10-17(11-13-19)21(22-15-26-23-9-5-4-8-20(22)23)14-27-24(32)16-34-25-28-29-30-31(25)18-6-2-3-7-18/h4-5,8-13,15,18,21,26H,2-3,6-7,14,16H2,1H3,(H,27,32). The number of benzene rings is 2. The van der Waals surface area contributed by atoms with Crippen LogP contribution in [0.15, 0.2) is 59.9 Å². The third-order valence-corrected chi connectivity index (χ3v) is 7.42. The number of carbonyl (C=O) groups excluding carboxylic acids is 1. The number of nitrogens with zero attached hydrogens (tertiary/aromatic N) is 4. The van der Waals surface area contributed by atoms with Crippen molar-refractivity contribution in [1.29, 1.82) is 0 Å². The fourth-order valence-electron chi connectivity index (χ4n) is 4.68. The van der Waals surface area contributed by atoms with E-state index in [-0.39, 0.29) is 17.6 Å². The average molecular weight is 477 g/mol. The molecule has 0 aliphatic heterocycles. The Labute approximate surface area is 202 Å². The normalized spacial score (nSPS) is 15.0. The lowest BCUT2D eigenvalue weighted by atomic mass is 9.91. The predicted octanol–water partition coefficient (Wildman–Crippen LogP) is 4.32. The summed E-state index contributed by atoms with van der Waals surface area (Å²) < 4.78 is 7.21. The van der Waals surface area contributed by atoms with E-state index in [9.17, 15) is 4.79 Å². The summed E-state index contributed by atoms with van der Waals surface area (Å²) in [4.78, 5) is 16.2. The van der Waals surface area contributed by atoms with Gasteiger partial charge in [-0.1, -0.05) is 54.9 Å². The second-order valence-electron chi connectivity index (χ2n) is 8.55. The van der Waals surface area contributed by atoms with Crippen LogP contribution in [-0.2, 0) is 4.79 Å². The van der Waals surface area contributed by atoms with E-state index in [2.05, 4.69) is 50.1 Å². The summed E-state index contributed by atoms with van der Waals surface area (Å²) in [5, 5.41) is 17.1. The Morgan fingerprint density at radius 1 is 1.21 bits per heavy atom. The lowest BCUT2D eigenvalue weighted by molar-refractivity contribution is -0.118. The Morgan fingerprint density at radius 2 is 2.00 bits per heavy atom. The lowest BCUT2D eigenvalue weighted by Crippen LogP contribution is -2.30. The van der Waals surface area contributed by atoms with Crippen molar-refractivity contribution in [2.24, 2.45) is 0 Å². The zero-order chi connectivity index (χ0) is 23.3. The van der Waals surface area contributed by atoms with E-state index in [1.807, 2.05) is 35.1 Å². The van der Waals surface area contributed by atoms with E-state index in [1.54, 1.807) is 7.11 Å². The molecular formula is C25H28N6O2S. The zero-order valence-electron chi connectivity index (χ0n) is 19.1. The van der Waals surface area contributed by atoms with Gasteiger partial charge in [0, 0.05) is 29.6 Å². The second-order valence-corrected chi connectivity index (χ2v) is 9.49. The molecule has 2 N–H and O–H groups in total. The number of fused-ring (bicyclic) bond motifs is 1. The molecule has 34 heavy (non-hydrogen) atoms. The Bertz CT molecular complexity index is 1250. The lowest BCUT2D eigenvalue weighted by Gasteiger charge is -2.19. The molecule has 9 heteroatoms.